The Kier molecular flexibility index (Phi) is 3.63. The van der Waals surface area contributed by atoms with E-state index in [-0.39, 0.29) is 0 Å². The monoisotopic (exact) mass is 364 g/mol. The highest BCUT2D eigenvalue weighted by molar-refractivity contribution is 6.39. The average molecular weight is 365 g/mol. The number of rotatable bonds is 5. The van der Waals surface area contributed by atoms with Crippen LogP contribution in [0.5, 0.6) is 0 Å². The van der Waals surface area contributed by atoms with Gasteiger partial charge in [0.2, 0.25) is 0 Å². The van der Waals surface area contributed by atoms with Crippen molar-refractivity contribution in [2.75, 3.05) is 13.1 Å². The van der Waals surface area contributed by atoms with E-state index in [1.54, 1.807) is 0 Å². The molecule has 126 valence electrons. The molecule has 0 radical (unpaired) electrons. The third-order valence-electron chi connectivity index (χ3n) is 5.40. The number of ether oxygens (including phenoxy) is 1. The van der Waals surface area contributed by atoms with Crippen LogP contribution in [-0.4, -0.2) is 24.4 Å². The molecule has 0 bridgehead atoms. The summed E-state index contributed by atoms with van der Waals surface area (Å²) in [6.45, 7) is 2.65. The molecule has 2 saturated carbocycles. The Labute approximate surface area is 150 Å². The first-order valence-electron chi connectivity index (χ1n) is 8.49. The Hall–Kier alpha value is -1.07. The van der Waals surface area contributed by atoms with E-state index < -0.39 is 0 Å². The van der Waals surface area contributed by atoms with Gasteiger partial charge < -0.3 is 14.6 Å². The van der Waals surface area contributed by atoms with Crippen LogP contribution < -0.4 is 5.32 Å². The molecule has 1 saturated heterocycles. The Morgan fingerprint density at radius 2 is 1.88 bits per heavy atom. The van der Waals surface area contributed by atoms with E-state index in [1.807, 2.05) is 18.2 Å². The number of nitrogens with zero attached hydrogens (tertiary/aromatic N) is 1. The molecular weight excluding hydrogens is 347 g/mol. The summed E-state index contributed by atoms with van der Waals surface area (Å²) in [5.41, 5.74) is 2.50. The molecule has 5 rings (SSSR count). The molecule has 0 amide bonds. The number of nitrogens with one attached hydrogen (secondary N) is 1. The Balaban J connectivity index is 1.46. The second-order valence-corrected chi connectivity index (χ2v) is 7.82. The molecule has 1 aromatic heterocycles. The SMILES string of the molecule is Clc1cccc(Cl)c1-c1noc(C2CC2)c1COC1C2CNCC21. The largest absolute Gasteiger partial charge is 0.373 e. The van der Waals surface area contributed by atoms with Crippen molar-refractivity contribution < 1.29 is 9.26 Å². The van der Waals surface area contributed by atoms with Crippen LogP contribution in [0, 0.1) is 11.8 Å². The lowest BCUT2D eigenvalue weighted by Crippen LogP contribution is -2.18. The zero-order chi connectivity index (χ0) is 16.3. The Morgan fingerprint density at radius 1 is 1.17 bits per heavy atom. The molecule has 2 aromatic rings. The smallest absolute Gasteiger partial charge is 0.145 e. The van der Waals surface area contributed by atoms with Crippen molar-refractivity contribution in [3.63, 3.8) is 0 Å². The van der Waals surface area contributed by atoms with Crippen LogP contribution in [0.1, 0.15) is 30.1 Å². The first kappa shape index (κ1) is 15.2. The molecule has 2 unspecified atom stereocenters. The van der Waals surface area contributed by atoms with E-state index in [9.17, 15) is 0 Å². The second kappa shape index (κ2) is 5.73. The van der Waals surface area contributed by atoms with Crippen molar-refractivity contribution in [2.45, 2.75) is 31.5 Å². The molecule has 0 spiro atoms. The van der Waals surface area contributed by atoms with Crippen molar-refractivity contribution in [3.8, 4) is 11.3 Å². The van der Waals surface area contributed by atoms with Gasteiger partial charge in [-0.25, -0.2) is 0 Å². The lowest BCUT2D eigenvalue weighted by atomic mass is 10.0. The van der Waals surface area contributed by atoms with Gasteiger partial charge in [-0.1, -0.05) is 34.4 Å². The van der Waals surface area contributed by atoms with E-state index >= 15 is 0 Å². The fourth-order valence-electron chi connectivity index (χ4n) is 3.84. The summed E-state index contributed by atoms with van der Waals surface area (Å²) >= 11 is 12.8. The Bertz CT molecular complexity index is 757. The maximum Gasteiger partial charge on any atom is 0.145 e. The number of fused-ring (bicyclic) bond motifs is 1. The van der Waals surface area contributed by atoms with E-state index in [0.717, 1.165) is 48.5 Å². The van der Waals surface area contributed by atoms with Crippen LogP contribution in [0.3, 0.4) is 0 Å². The number of hydrogen-bond acceptors (Lipinski definition) is 4. The van der Waals surface area contributed by atoms with E-state index in [2.05, 4.69) is 10.5 Å². The van der Waals surface area contributed by atoms with Gasteiger partial charge in [0.25, 0.3) is 0 Å². The van der Waals surface area contributed by atoms with Crippen LogP contribution in [0.15, 0.2) is 22.7 Å². The van der Waals surface area contributed by atoms with Crippen molar-refractivity contribution >= 4 is 23.2 Å². The summed E-state index contributed by atoms with van der Waals surface area (Å²) in [6.07, 6.45) is 2.66. The number of aromatic nitrogens is 1. The molecule has 1 aliphatic heterocycles. The number of piperidine rings is 1. The topological polar surface area (TPSA) is 47.3 Å². The molecule has 2 atom stereocenters. The lowest BCUT2D eigenvalue weighted by molar-refractivity contribution is 0.0826. The standard InChI is InChI=1S/C18H18Cl2N2O2/c19-13-2-1-3-14(20)15(13)16-12(17(24-22-16)9-4-5-9)8-23-18-10-6-21-7-11(10)18/h1-3,9-11,18,21H,4-8H2. The van der Waals surface area contributed by atoms with Crippen LogP contribution in [0.25, 0.3) is 11.3 Å². The first-order valence-corrected chi connectivity index (χ1v) is 9.24. The van der Waals surface area contributed by atoms with Gasteiger partial charge in [-0.2, -0.15) is 0 Å². The quantitative estimate of drug-likeness (QED) is 0.860. The molecular formula is C18H18Cl2N2O2. The molecule has 3 aliphatic rings. The van der Waals surface area contributed by atoms with Crippen molar-refractivity contribution in [2.24, 2.45) is 11.8 Å². The average Bonchev–Trinajstić information content (AvgIpc) is 3.42. The van der Waals surface area contributed by atoms with E-state index in [4.69, 9.17) is 32.5 Å². The maximum absolute atomic E-state index is 6.38. The van der Waals surface area contributed by atoms with Crippen LogP contribution in [-0.2, 0) is 11.3 Å². The third-order valence-corrected chi connectivity index (χ3v) is 6.03. The summed E-state index contributed by atoms with van der Waals surface area (Å²) < 4.78 is 11.9. The minimum absolute atomic E-state index is 0.364. The van der Waals surface area contributed by atoms with Crippen LogP contribution in [0.4, 0.5) is 0 Å². The predicted octanol–water partition coefficient (Wildman–Crippen LogP) is 4.26. The molecule has 1 aromatic carbocycles. The van der Waals surface area contributed by atoms with Gasteiger partial charge in [-0.15, -0.1) is 0 Å². The maximum atomic E-state index is 6.38. The van der Waals surface area contributed by atoms with Gasteiger partial charge in [0, 0.05) is 42.0 Å². The van der Waals surface area contributed by atoms with Gasteiger partial charge in [0.1, 0.15) is 11.5 Å². The molecule has 1 N–H and O–H groups in total. The van der Waals surface area contributed by atoms with Gasteiger partial charge in [0.05, 0.1) is 22.8 Å². The zero-order valence-electron chi connectivity index (χ0n) is 13.1. The molecule has 3 fully saturated rings. The van der Waals surface area contributed by atoms with Gasteiger partial charge in [0.15, 0.2) is 0 Å². The predicted molar refractivity (Wildman–Crippen MR) is 92.4 cm³/mol. The summed E-state index contributed by atoms with van der Waals surface area (Å²) in [6, 6.07) is 5.50. The van der Waals surface area contributed by atoms with Crippen molar-refractivity contribution in [1.82, 2.24) is 10.5 Å². The minimum Gasteiger partial charge on any atom is -0.373 e. The van der Waals surface area contributed by atoms with Crippen LogP contribution in [0.2, 0.25) is 10.0 Å². The van der Waals surface area contributed by atoms with E-state index in [0.29, 0.717) is 40.5 Å². The molecule has 24 heavy (non-hydrogen) atoms. The highest BCUT2D eigenvalue weighted by Gasteiger charge is 2.54. The summed E-state index contributed by atoms with van der Waals surface area (Å²) in [5.74, 6) is 2.75. The number of halogens is 2. The van der Waals surface area contributed by atoms with Gasteiger partial charge in [-0.05, 0) is 25.0 Å². The summed E-state index contributed by atoms with van der Waals surface area (Å²) in [5, 5.41) is 8.87. The number of hydrogen-bond donors (Lipinski definition) is 1. The number of benzene rings is 1. The van der Waals surface area contributed by atoms with Crippen LogP contribution >= 0.6 is 23.2 Å². The fraction of sp³-hybridized carbons (Fsp3) is 0.500. The molecule has 2 heterocycles. The van der Waals surface area contributed by atoms with E-state index in [1.165, 1.54) is 0 Å². The second-order valence-electron chi connectivity index (χ2n) is 7.01. The van der Waals surface area contributed by atoms with Crippen molar-refractivity contribution in [1.29, 1.82) is 0 Å². The van der Waals surface area contributed by atoms with Gasteiger partial charge in [-0.3, -0.25) is 0 Å². The Morgan fingerprint density at radius 3 is 2.54 bits per heavy atom. The highest BCUT2D eigenvalue weighted by Crippen LogP contribution is 2.48. The minimum atomic E-state index is 0.364. The zero-order valence-corrected chi connectivity index (χ0v) is 14.6. The highest BCUT2D eigenvalue weighted by atomic mass is 35.5. The molecule has 2 aliphatic carbocycles. The first-order chi connectivity index (χ1) is 11.7. The third kappa shape index (κ3) is 2.48. The summed E-state index contributed by atoms with van der Waals surface area (Å²) in [4.78, 5) is 0. The normalized spacial score (nSPS) is 28.2. The van der Waals surface area contributed by atoms with Gasteiger partial charge >= 0.3 is 0 Å². The fourth-order valence-corrected chi connectivity index (χ4v) is 4.41. The van der Waals surface area contributed by atoms with Crippen molar-refractivity contribution in [3.05, 3.63) is 39.6 Å². The molecule has 6 heteroatoms. The molecule has 4 nitrogen and oxygen atoms in total. The summed E-state index contributed by atoms with van der Waals surface area (Å²) in [7, 11) is 0. The lowest BCUT2D eigenvalue weighted by Gasteiger charge is -2.10.